The van der Waals surface area contributed by atoms with Gasteiger partial charge in [0, 0.05) is 12.0 Å². The smallest absolute Gasteiger partial charge is 0.163 e. The Balaban J connectivity index is 2.53. The molecule has 0 N–H and O–H groups in total. The van der Waals surface area contributed by atoms with Crippen LogP contribution in [0.25, 0.3) is 0 Å². The molecule has 1 nitrogen and oxygen atoms in total. The predicted octanol–water partition coefficient (Wildman–Crippen LogP) is 4.29. The number of benzene rings is 1. The second kappa shape index (κ2) is 6.41. The zero-order chi connectivity index (χ0) is 12.0. The highest BCUT2D eigenvalue weighted by molar-refractivity contribution is 5.97. The molecular formula is C14H19FO. The molecule has 0 saturated carbocycles. The summed E-state index contributed by atoms with van der Waals surface area (Å²) in [5, 5.41) is 0. The molecule has 1 aromatic rings. The Morgan fingerprint density at radius 2 is 2.00 bits per heavy atom. The van der Waals surface area contributed by atoms with Gasteiger partial charge in [-0.3, -0.25) is 4.79 Å². The molecule has 0 spiro atoms. The number of halogens is 1. The summed E-state index contributed by atoms with van der Waals surface area (Å²) >= 11 is 0. The lowest BCUT2D eigenvalue weighted by atomic mass is 10.00. The number of Topliss-reactive ketones (excluding diaryl/α,β-unsaturated/α-hetero) is 1. The molecule has 0 aliphatic carbocycles. The van der Waals surface area contributed by atoms with E-state index in [1.807, 2.05) is 0 Å². The summed E-state index contributed by atoms with van der Waals surface area (Å²) in [6, 6.07) is 4.36. The number of hydrogen-bond donors (Lipinski definition) is 0. The number of carbonyl (C=O) groups excluding carboxylic acids is 1. The van der Waals surface area contributed by atoms with Crippen LogP contribution in [0.4, 0.5) is 4.39 Å². The lowest BCUT2D eigenvalue weighted by molar-refractivity contribution is 0.0978. The molecule has 0 aromatic heterocycles. The number of hydrogen-bond acceptors (Lipinski definition) is 1. The zero-order valence-electron chi connectivity index (χ0n) is 10.1. The van der Waals surface area contributed by atoms with Crippen molar-refractivity contribution in [2.75, 3.05) is 0 Å². The predicted molar refractivity (Wildman–Crippen MR) is 64.2 cm³/mol. The van der Waals surface area contributed by atoms with Crippen molar-refractivity contribution >= 4 is 5.78 Å². The molecule has 1 aromatic carbocycles. The van der Waals surface area contributed by atoms with Crippen LogP contribution in [-0.4, -0.2) is 5.78 Å². The molecule has 0 atom stereocenters. The van der Waals surface area contributed by atoms with Gasteiger partial charge in [0.25, 0.3) is 0 Å². The Morgan fingerprint density at radius 3 is 2.62 bits per heavy atom. The quantitative estimate of drug-likeness (QED) is 0.518. The molecule has 0 amide bonds. The molecule has 16 heavy (non-hydrogen) atoms. The van der Waals surface area contributed by atoms with Crippen LogP contribution < -0.4 is 0 Å². The maximum atomic E-state index is 12.9. The molecule has 0 saturated heterocycles. The van der Waals surface area contributed by atoms with Crippen molar-refractivity contribution in [3.63, 3.8) is 0 Å². The maximum Gasteiger partial charge on any atom is 0.163 e. The lowest BCUT2D eigenvalue weighted by Crippen LogP contribution is -2.02. The first-order valence-electron chi connectivity index (χ1n) is 5.94. The minimum Gasteiger partial charge on any atom is -0.294 e. The van der Waals surface area contributed by atoms with E-state index in [1.165, 1.54) is 25.0 Å². The van der Waals surface area contributed by atoms with Crippen LogP contribution in [0.3, 0.4) is 0 Å². The lowest BCUT2D eigenvalue weighted by Gasteiger charge is -2.04. The first-order valence-corrected chi connectivity index (χ1v) is 5.94. The molecule has 0 aliphatic rings. The van der Waals surface area contributed by atoms with Gasteiger partial charge in [0.1, 0.15) is 5.82 Å². The zero-order valence-corrected chi connectivity index (χ0v) is 10.1. The van der Waals surface area contributed by atoms with E-state index in [0.717, 1.165) is 18.4 Å². The Morgan fingerprint density at radius 1 is 1.25 bits per heavy atom. The SMILES string of the molecule is CCCCCCC(=O)c1ccc(F)cc1C. The number of rotatable bonds is 6. The Bertz CT molecular complexity index is 358. The topological polar surface area (TPSA) is 17.1 Å². The van der Waals surface area contributed by atoms with E-state index >= 15 is 0 Å². The van der Waals surface area contributed by atoms with Crippen LogP contribution in [0.5, 0.6) is 0 Å². The van der Waals surface area contributed by atoms with Gasteiger partial charge in [-0.15, -0.1) is 0 Å². The van der Waals surface area contributed by atoms with Crippen molar-refractivity contribution in [2.24, 2.45) is 0 Å². The number of ketones is 1. The average molecular weight is 222 g/mol. The fourth-order valence-corrected chi connectivity index (χ4v) is 1.79. The highest BCUT2D eigenvalue weighted by Crippen LogP contribution is 2.14. The highest BCUT2D eigenvalue weighted by Gasteiger charge is 2.08. The summed E-state index contributed by atoms with van der Waals surface area (Å²) in [6.07, 6.45) is 4.96. The van der Waals surface area contributed by atoms with Gasteiger partial charge >= 0.3 is 0 Å². The molecule has 0 heterocycles. The highest BCUT2D eigenvalue weighted by atomic mass is 19.1. The summed E-state index contributed by atoms with van der Waals surface area (Å²) in [5.74, 6) is -0.145. The standard InChI is InChI=1S/C14H19FO/c1-3-4-5-6-7-14(16)13-9-8-12(15)10-11(13)2/h8-10H,3-7H2,1-2H3. The van der Waals surface area contributed by atoms with E-state index in [-0.39, 0.29) is 11.6 Å². The number of aryl methyl sites for hydroxylation is 1. The van der Waals surface area contributed by atoms with Crippen LogP contribution >= 0.6 is 0 Å². The van der Waals surface area contributed by atoms with Crippen molar-refractivity contribution < 1.29 is 9.18 Å². The third kappa shape index (κ3) is 3.76. The van der Waals surface area contributed by atoms with Crippen LogP contribution in [0, 0.1) is 12.7 Å². The van der Waals surface area contributed by atoms with E-state index in [2.05, 4.69) is 6.92 Å². The van der Waals surface area contributed by atoms with Crippen LogP contribution in [0.2, 0.25) is 0 Å². The summed E-state index contributed by atoms with van der Waals surface area (Å²) < 4.78 is 12.9. The van der Waals surface area contributed by atoms with Crippen LogP contribution in [-0.2, 0) is 0 Å². The third-order valence-corrected chi connectivity index (χ3v) is 2.75. The maximum absolute atomic E-state index is 12.9. The van der Waals surface area contributed by atoms with E-state index < -0.39 is 0 Å². The first kappa shape index (κ1) is 12.9. The average Bonchev–Trinajstić information content (AvgIpc) is 2.24. The van der Waals surface area contributed by atoms with Crippen molar-refractivity contribution in [1.29, 1.82) is 0 Å². The largest absolute Gasteiger partial charge is 0.294 e. The van der Waals surface area contributed by atoms with E-state index in [9.17, 15) is 9.18 Å². The van der Waals surface area contributed by atoms with Gasteiger partial charge in [0.05, 0.1) is 0 Å². The second-order valence-corrected chi connectivity index (χ2v) is 4.19. The van der Waals surface area contributed by atoms with E-state index in [0.29, 0.717) is 12.0 Å². The molecule has 88 valence electrons. The minimum absolute atomic E-state index is 0.133. The Hall–Kier alpha value is -1.18. The van der Waals surface area contributed by atoms with Gasteiger partial charge in [-0.2, -0.15) is 0 Å². The summed E-state index contributed by atoms with van der Waals surface area (Å²) in [4.78, 5) is 11.8. The molecule has 0 aliphatic heterocycles. The molecule has 0 unspecified atom stereocenters. The third-order valence-electron chi connectivity index (χ3n) is 2.75. The fraction of sp³-hybridized carbons (Fsp3) is 0.500. The van der Waals surface area contributed by atoms with Gasteiger partial charge in [0.2, 0.25) is 0 Å². The van der Waals surface area contributed by atoms with Gasteiger partial charge in [-0.1, -0.05) is 26.2 Å². The molecule has 1 rings (SSSR count). The van der Waals surface area contributed by atoms with Crippen molar-refractivity contribution in [1.82, 2.24) is 0 Å². The Kier molecular flexibility index (Phi) is 5.17. The number of carbonyl (C=O) groups is 1. The van der Waals surface area contributed by atoms with Crippen molar-refractivity contribution in [2.45, 2.75) is 46.0 Å². The second-order valence-electron chi connectivity index (χ2n) is 4.19. The normalized spacial score (nSPS) is 10.4. The van der Waals surface area contributed by atoms with Crippen molar-refractivity contribution in [3.8, 4) is 0 Å². The van der Waals surface area contributed by atoms with Crippen LogP contribution in [0.15, 0.2) is 18.2 Å². The van der Waals surface area contributed by atoms with Crippen LogP contribution in [0.1, 0.15) is 54.9 Å². The van der Waals surface area contributed by atoms with Gasteiger partial charge < -0.3 is 0 Å². The van der Waals surface area contributed by atoms with Gasteiger partial charge in [-0.05, 0) is 37.1 Å². The van der Waals surface area contributed by atoms with E-state index in [4.69, 9.17) is 0 Å². The summed E-state index contributed by atoms with van der Waals surface area (Å²) in [7, 11) is 0. The molecular weight excluding hydrogens is 203 g/mol. The van der Waals surface area contributed by atoms with E-state index in [1.54, 1.807) is 13.0 Å². The monoisotopic (exact) mass is 222 g/mol. The van der Waals surface area contributed by atoms with Crippen molar-refractivity contribution in [3.05, 3.63) is 35.1 Å². The minimum atomic E-state index is -0.278. The molecule has 0 fully saturated rings. The fourth-order valence-electron chi connectivity index (χ4n) is 1.79. The molecule has 2 heteroatoms. The molecule has 0 bridgehead atoms. The number of unbranched alkanes of at least 4 members (excludes halogenated alkanes) is 3. The first-order chi connectivity index (χ1) is 7.65. The summed E-state index contributed by atoms with van der Waals surface area (Å²) in [5.41, 5.74) is 1.40. The molecule has 0 radical (unpaired) electrons. The Labute approximate surface area is 96.7 Å². The van der Waals surface area contributed by atoms with Gasteiger partial charge in [0.15, 0.2) is 5.78 Å². The van der Waals surface area contributed by atoms with Gasteiger partial charge in [-0.25, -0.2) is 4.39 Å². The summed E-state index contributed by atoms with van der Waals surface area (Å²) in [6.45, 7) is 3.92.